The van der Waals surface area contributed by atoms with Crippen LogP contribution in [0.5, 0.6) is 0 Å². The molecule has 1 aromatic heterocycles. The molecule has 2 aromatic rings. The highest BCUT2D eigenvalue weighted by molar-refractivity contribution is 7.16. The number of carbonyl (C=O) groups excluding carboxylic acids is 1. The van der Waals surface area contributed by atoms with Crippen LogP contribution in [0.15, 0.2) is 24.3 Å². The first-order chi connectivity index (χ1) is 11.1. The molecule has 3 nitrogen and oxygen atoms in total. The Bertz CT molecular complexity index is 774. The highest BCUT2D eigenvalue weighted by atomic mass is 35.5. The Balaban J connectivity index is 1.76. The van der Waals surface area contributed by atoms with Crippen LogP contribution in [0, 0.1) is 17.2 Å². The lowest BCUT2D eigenvalue weighted by Crippen LogP contribution is -2.14. The second-order valence-electron chi connectivity index (χ2n) is 6.02. The van der Waals surface area contributed by atoms with E-state index >= 15 is 0 Å². The highest BCUT2D eigenvalue weighted by Gasteiger charge is 2.24. The van der Waals surface area contributed by atoms with Gasteiger partial charge in [-0.3, -0.25) is 4.79 Å². The van der Waals surface area contributed by atoms with Crippen molar-refractivity contribution >= 4 is 33.8 Å². The van der Waals surface area contributed by atoms with Crippen LogP contribution in [0.2, 0.25) is 5.02 Å². The predicted molar refractivity (Wildman–Crippen MR) is 94.0 cm³/mol. The molecule has 0 saturated heterocycles. The van der Waals surface area contributed by atoms with E-state index in [0.717, 1.165) is 30.4 Å². The van der Waals surface area contributed by atoms with E-state index in [9.17, 15) is 10.1 Å². The lowest BCUT2D eigenvalue weighted by molar-refractivity contribution is -0.115. The molecular formula is C18H17ClN2OS. The average Bonchev–Trinajstić information content (AvgIpc) is 2.85. The van der Waals surface area contributed by atoms with Crippen LogP contribution >= 0.6 is 22.9 Å². The summed E-state index contributed by atoms with van der Waals surface area (Å²) in [6.07, 6.45) is 3.32. The molecular weight excluding hydrogens is 328 g/mol. The predicted octanol–water partition coefficient (Wildman–Crippen LogP) is 4.58. The summed E-state index contributed by atoms with van der Waals surface area (Å²) in [5, 5.41) is 13.7. The van der Waals surface area contributed by atoms with Crippen molar-refractivity contribution in [1.29, 1.82) is 5.26 Å². The molecule has 1 aromatic carbocycles. The third kappa shape index (κ3) is 3.57. The lowest BCUT2D eigenvalue weighted by atomic mass is 9.88. The van der Waals surface area contributed by atoms with Crippen molar-refractivity contribution in [3.8, 4) is 6.07 Å². The van der Waals surface area contributed by atoms with Crippen molar-refractivity contribution < 1.29 is 4.79 Å². The maximum atomic E-state index is 12.3. The zero-order valence-electron chi connectivity index (χ0n) is 12.9. The van der Waals surface area contributed by atoms with Crippen LogP contribution in [-0.2, 0) is 24.1 Å². The van der Waals surface area contributed by atoms with Crippen LogP contribution in [0.3, 0.4) is 0 Å². The molecule has 1 aliphatic carbocycles. The van der Waals surface area contributed by atoms with E-state index in [2.05, 4.69) is 18.3 Å². The van der Waals surface area contributed by atoms with E-state index < -0.39 is 0 Å². The molecule has 1 aliphatic rings. The number of rotatable bonds is 3. The molecule has 0 aliphatic heterocycles. The van der Waals surface area contributed by atoms with Gasteiger partial charge in [0.05, 0.1) is 12.0 Å². The first-order valence-electron chi connectivity index (χ1n) is 7.65. The second-order valence-corrected chi connectivity index (χ2v) is 7.56. The zero-order valence-corrected chi connectivity index (χ0v) is 14.4. The summed E-state index contributed by atoms with van der Waals surface area (Å²) in [5.74, 6) is 0.542. The van der Waals surface area contributed by atoms with E-state index in [0.29, 0.717) is 21.5 Å². The summed E-state index contributed by atoms with van der Waals surface area (Å²) in [6, 6.07) is 9.50. The summed E-state index contributed by atoms with van der Waals surface area (Å²) in [6.45, 7) is 2.23. The highest BCUT2D eigenvalue weighted by Crippen LogP contribution is 2.39. The number of hydrogen-bond acceptors (Lipinski definition) is 3. The third-order valence-corrected chi connectivity index (χ3v) is 5.58. The zero-order chi connectivity index (χ0) is 16.4. The number of amides is 1. The Morgan fingerprint density at radius 1 is 1.43 bits per heavy atom. The number of nitriles is 1. The number of nitrogens with one attached hydrogen (secondary N) is 1. The van der Waals surface area contributed by atoms with Crippen molar-refractivity contribution in [2.75, 3.05) is 5.32 Å². The van der Waals surface area contributed by atoms with Gasteiger partial charge in [-0.1, -0.05) is 30.7 Å². The van der Waals surface area contributed by atoms with Gasteiger partial charge in [-0.25, -0.2) is 0 Å². The minimum Gasteiger partial charge on any atom is -0.316 e. The van der Waals surface area contributed by atoms with Gasteiger partial charge in [0, 0.05) is 9.90 Å². The number of nitrogens with zero attached hydrogens (tertiary/aromatic N) is 1. The van der Waals surface area contributed by atoms with Crippen LogP contribution in [0.25, 0.3) is 0 Å². The first kappa shape index (κ1) is 16.0. The molecule has 1 heterocycles. The maximum absolute atomic E-state index is 12.3. The van der Waals surface area contributed by atoms with Gasteiger partial charge in [0.25, 0.3) is 0 Å². The lowest BCUT2D eigenvalue weighted by Gasteiger charge is -2.17. The fraction of sp³-hybridized carbons (Fsp3) is 0.333. The summed E-state index contributed by atoms with van der Waals surface area (Å²) in [4.78, 5) is 13.5. The molecule has 3 rings (SSSR count). The van der Waals surface area contributed by atoms with E-state index in [1.54, 1.807) is 23.5 Å². The number of anilines is 1. The Kier molecular flexibility index (Phi) is 4.70. The third-order valence-electron chi connectivity index (χ3n) is 4.15. The molecule has 0 bridgehead atoms. The number of benzene rings is 1. The van der Waals surface area contributed by atoms with E-state index in [4.69, 9.17) is 11.6 Å². The van der Waals surface area contributed by atoms with Gasteiger partial charge in [-0.15, -0.1) is 11.3 Å². The Morgan fingerprint density at radius 2 is 2.17 bits per heavy atom. The smallest absolute Gasteiger partial charge is 0.229 e. The molecule has 1 amide bonds. The number of halogens is 1. The number of thiophene rings is 1. The SMILES string of the molecule is CC1CCc2c(sc(NC(=O)Cc3ccc(Cl)cc3)c2C#N)C1. The Labute approximate surface area is 144 Å². The topological polar surface area (TPSA) is 52.9 Å². The molecule has 1 atom stereocenters. The minimum absolute atomic E-state index is 0.101. The van der Waals surface area contributed by atoms with Crippen molar-refractivity contribution in [3.05, 3.63) is 50.9 Å². The van der Waals surface area contributed by atoms with Crippen LogP contribution < -0.4 is 5.32 Å². The Hall–Kier alpha value is -1.83. The van der Waals surface area contributed by atoms with Crippen molar-refractivity contribution in [3.63, 3.8) is 0 Å². The first-order valence-corrected chi connectivity index (χ1v) is 8.85. The second kappa shape index (κ2) is 6.74. The molecule has 0 saturated carbocycles. The van der Waals surface area contributed by atoms with Gasteiger partial charge >= 0.3 is 0 Å². The molecule has 1 unspecified atom stereocenters. The van der Waals surface area contributed by atoms with Crippen molar-refractivity contribution in [1.82, 2.24) is 0 Å². The van der Waals surface area contributed by atoms with Gasteiger partial charge < -0.3 is 5.32 Å². The normalized spacial score (nSPS) is 16.5. The van der Waals surface area contributed by atoms with Gasteiger partial charge in [-0.05, 0) is 48.4 Å². The van der Waals surface area contributed by atoms with Gasteiger partial charge in [0.2, 0.25) is 5.91 Å². The Morgan fingerprint density at radius 3 is 2.87 bits per heavy atom. The maximum Gasteiger partial charge on any atom is 0.229 e. The van der Waals surface area contributed by atoms with E-state index in [1.807, 2.05) is 12.1 Å². The van der Waals surface area contributed by atoms with Gasteiger partial charge in [-0.2, -0.15) is 5.26 Å². The number of hydrogen-bond donors (Lipinski definition) is 1. The van der Waals surface area contributed by atoms with Crippen LogP contribution in [0.1, 0.15) is 34.9 Å². The summed E-state index contributed by atoms with van der Waals surface area (Å²) < 4.78 is 0. The van der Waals surface area contributed by atoms with Crippen molar-refractivity contribution in [2.45, 2.75) is 32.6 Å². The monoisotopic (exact) mass is 344 g/mol. The number of carbonyl (C=O) groups is 1. The standard InChI is InChI=1S/C18H17ClN2OS/c1-11-2-7-14-15(10-20)18(23-16(14)8-11)21-17(22)9-12-3-5-13(19)6-4-12/h3-6,11H,2,7-9H2,1H3,(H,21,22). The fourth-order valence-electron chi connectivity index (χ4n) is 2.92. The molecule has 118 valence electrons. The van der Waals surface area contributed by atoms with Gasteiger partial charge in [0.15, 0.2) is 0 Å². The van der Waals surface area contributed by atoms with Crippen molar-refractivity contribution in [2.24, 2.45) is 5.92 Å². The summed E-state index contributed by atoms with van der Waals surface area (Å²) in [7, 11) is 0. The molecule has 0 fully saturated rings. The molecule has 0 radical (unpaired) electrons. The van der Waals surface area contributed by atoms with Gasteiger partial charge in [0.1, 0.15) is 11.1 Å². The molecule has 5 heteroatoms. The van der Waals surface area contributed by atoms with Crippen LogP contribution in [0.4, 0.5) is 5.00 Å². The van der Waals surface area contributed by atoms with E-state index in [1.165, 1.54) is 4.88 Å². The summed E-state index contributed by atoms with van der Waals surface area (Å²) >= 11 is 7.41. The quantitative estimate of drug-likeness (QED) is 0.886. The summed E-state index contributed by atoms with van der Waals surface area (Å²) in [5.41, 5.74) is 2.69. The molecule has 0 spiro atoms. The fourth-order valence-corrected chi connectivity index (χ4v) is 4.42. The average molecular weight is 345 g/mol. The van der Waals surface area contributed by atoms with E-state index in [-0.39, 0.29) is 12.3 Å². The largest absolute Gasteiger partial charge is 0.316 e. The number of fused-ring (bicyclic) bond motifs is 1. The van der Waals surface area contributed by atoms with Crippen LogP contribution in [-0.4, -0.2) is 5.91 Å². The molecule has 1 N–H and O–H groups in total. The molecule has 23 heavy (non-hydrogen) atoms. The minimum atomic E-state index is -0.101.